The Morgan fingerprint density at radius 2 is 1.70 bits per heavy atom. The molecule has 4 rings (SSSR count). The fourth-order valence-corrected chi connectivity index (χ4v) is 5.88. The number of benzene rings is 2. The van der Waals surface area contributed by atoms with Crippen molar-refractivity contribution in [3.8, 4) is 0 Å². The number of hydrazine groups is 1. The molecule has 2 aliphatic rings. The van der Waals surface area contributed by atoms with E-state index in [0.717, 1.165) is 43.6 Å². The van der Waals surface area contributed by atoms with Gasteiger partial charge in [0.2, 0.25) is 10.0 Å². The Balaban J connectivity index is 1.40. The number of piperidine rings is 1. The summed E-state index contributed by atoms with van der Waals surface area (Å²) in [6.45, 7) is 1.45. The van der Waals surface area contributed by atoms with E-state index in [-0.39, 0.29) is 12.1 Å². The molecule has 0 unspecified atom stereocenters. The zero-order valence-corrected chi connectivity index (χ0v) is 19.0. The minimum Gasteiger partial charge on any atom is -0.362 e. The van der Waals surface area contributed by atoms with Gasteiger partial charge in [0, 0.05) is 30.9 Å². The fourth-order valence-electron chi connectivity index (χ4n) is 4.27. The molecule has 0 bridgehead atoms. The molecule has 0 radical (unpaired) electrons. The van der Waals surface area contributed by atoms with Gasteiger partial charge in [0.05, 0.1) is 6.54 Å². The minimum atomic E-state index is -4.04. The number of sulfonamides is 1. The molecule has 10 heteroatoms. The fraction of sp³-hybridized carbons (Fsp3) is 0.391. The van der Waals surface area contributed by atoms with E-state index in [1.54, 1.807) is 0 Å². The van der Waals surface area contributed by atoms with Crippen molar-refractivity contribution in [2.75, 3.05) is 31.1 Å². The normalized spacial score (nSPS) is 16.7. The Morgan fingerprint density at radius 1 is 0.939 bits per heavy atom. The first kappa shape index (κ1) is 23.2. The van der Waals surface area contributed by atoms with Crippen LogP contribution in [0.2, 0.25) is 0 Å². The molecule has 2 aromatic carbocycles. The predicted octanol–water partition coefficient (Wildman–Crippen LogP) is 2.21. The van der Waals surface area contributed by atoms with Crippen LogP contribution in [0.5, 0.6) is 0 Å². The molecule has 2 aromatic rings. The number of carbonyl (C=O) groups is 2. The van der Waals surface area contributed by atoms with Crippen molar-refractivity contribution >= 4 is 27.5 Å². The Bertz CT molecular complexity index is 1150. The van der Waals surface area contributed by atoms with Crippen molar-refractivity contribution in [3.05, 3.63) is 59.4 Å². The number of nitrogens with one attached hydrogen (secondary N) is 2. The molecule has 2 N–H and O–H groups in total. The maximum atomic E-state index is 14.4. The summed E-state index contributed by atoms with van der Waals surface area (Å²) in [6.07, 6.45) is 4.25. The van der Waals surface area contributed by atoms with Crippen molar-refractivity contribution in [2.24, 2.45) is 0 Å². The molecule has 0 atom stereocenters. The molecule has 8 nitrogen and oxygen atoms in total. The second kappa shape index (κ2) is 9.88. The van der Waals surface area contributed by atoms with Gasteiger partial charge >= 0.3 is 0 Å². The summed E-state index contributed by atoms with van der Waals surface area (Å²) in [4.78, 5) is 26.4. The molecule has 176 valence electrons. The Morgan fingerprint density at radius 3 is 2.48 bits per heavy atom. The maximum Gasteiger partial charge on any atom is 0.269 e. The molecule has 0 aliphatic carbocycles. The van der Waals surface area contributed by atoms with Crippen LogP contribution in [0.4, 0.5) is 10.1 Å². The Kier molecular flexibility index (Phi) is 6.94. The van der Waals surface area contributed by atoms with Crippen molar-refractivity contribution in [1.29, 1.82) is 0 Å². The van der Waals surface area contributed by atoms with E-state index >= 15 is 0 Å². The standard InChI is InChI=1S/C23H27FN4O4S/c24-19-11-10-18(15-21(19)33(31,32)28-13-4-1-5-14-28)23(30)26-25-22(29)16-27-12-6-8-17-7-2-3-9-20(17)27/h2-3,7,9-11,15H,1,4-6,8,12-14,16H2,(H,25,29)(H,26,30). The SMILES string of the molecule is O=C(CN1CCCc2ccccc21)NNC(=O)c1ccc(F)c(S(=O)(=O)N2CCCCC2)c1. The van der Waals surface area contributed by atoms with E-state index in [0.29, 0.717) is 25.9 Å². The van der Waals surface area contributed by atoms with Crippen LogP contribution in [0, 0.1) is 5.82 Å². The number of hydrogen-bond acceptors (Lipinski definition) is 5. The molecule has 1 fully saturated rings. The van der Waals surface area contributed by atoms with Gasteiger partial charge in [0.15, 0.2) is 0 Å². The summed E-state index contributed by atoms with van der Waals surface area (Å²) in [5.41, 5.74) is 6.77. The Labute approximate surface area is 192 Å². The molecule has 33 heavy (non-hydrogen) atoms. The average molecular weight is 475 g/mol. The number of amides is 2. The highest BCUT2D eigenvalue weighted by Crippen LogP contribution is 2.26. The third kappa shape index (κ3) is 5.17. The number of anilines is 1. The summed E-state index contributed by atoms with van der Waals surface area (Å²) in [7, 11) is -4.04. The van der Waals surface area contributed by atoms with Crippen LogP contribution in [0.15, 0.2) is 47.4 Å². The third-order valence-electron chi connectivity index (χ3n) is 5.98. The summed E-state index contributed by atoms with van der Waals surface area (Å²) in [5, 5.41) is 0. The maximum absolute atomic E-state index is 14.4. The van der Waals surface area contributed by atoms with Crippen LogP contribution in [-0.4, -0.2) is 50.7 Å². The van der Waals surface area contributed by atoms with Crippen LogP contribution in [0.1, 0.15) is 41.6 Å². The van der Waals surface area contributed by atoms with Gasteiger partial charge < -0.3 is 4.90 Å². The van der Waals surface area contributed by atoms with Gasteiger partial charge in [0.1, 0.15) is 10.7 Å². The highest BCUT2D eigenvalue weighted by molar-refractivity contribution is 7.89. The summed E-state index contributed by atoms with van der Waals surface area (Å²) in [5.74, 6) is -2.05. The molecule has 2 heterocycles. The van der Waals surface area contributed by atoms with Gasteiger partial charge in [-0.05, 0) is 55.5 Å². The van der Waals surface area contributed by atoms with Gasteiger partial charge in [-0.15, -0.1) is 0 Å². The van der Waals surface area contributed by atoms with Crippen molar-refractivity contribution < 1.29 is 22.4 Å². The van der Waals surface area contributed by atoms with Crippen molar-refractivity contribution in [3.63, 3.8) is 0 Å². The van der Waals surface area contributed by atoms with Gasteiger partial charge in [-0.1, -0.05) is 24.6 Å². The first-order chi connectivity index (χ1) is 15.9. The largest absolute Gasteiger partial charge is 0.362 e. The molecular weight excluding hydrogens is 447 g/mol. The second-order valence-corrected chi connectivity index (χ2v) is 10.2. The highest BCUT2D eigenvalue weighted by Gasteiger charge is 2.29. The molecular formula is C23H27FN4O4S. The lowest BCUT2D eigenvalue weighted by Gasteiger charge is -2.30. The Hall–Kier alpha value is -2.98. The topological polar surface area (TPSA) is 98.8 Å². The van der Waals surface area contributed by atoms with E-state index in [1.807, 2.05) is 29.2 Å². The summed E-state index contributed by atoms with van der Waals surface area (Å²) in [6, 6.07) is 11.0. The predicted molar refractivity (Wildman–Crippen MR) is 122 cm³/mol. The number of fused-ring (bicyclic) bond motifs is 1. The monoisotopic (exact) mass is 474 g/mol. The quantitative estimate of drug-likeness (QED) is 0.648. The smallest absolute Gasteiger partial charge is 0.269 e. The number of rotatable bonds is 5. The summed E-state index contributed by atoms with van der Waals surface area (Å²) >= 11 is 0. The zero-order chi connectivity index (χ0) is 23.4. The minimum absolute atomic E-state index is 0.0596. The van der Waals surface area contributed by atoms with Crippen LogP contribution >= 0.6 is 0 Å². The van der Waals surface area contributed by atoms with E-state index in [4.69, 9.17) is 0 Å². The third-order valence-corrected chi connectivity index (χ3v) is 7.90. The summed E-state index contributed by atoms with van der Waals surface area (Å²) < 4.78 is 41.3. The molecule has 2 amide bonds. The lowest BCUT2D eigenvalue weighted by atomic mass is 10.0. The number of aryl methyl sites for hydroxylation is 1. The first-order valence-corrected chi connectivity index (χ1v) is 12.5. The van der Waals surface area contributed by atoms with E-state index in [1.165, 1.54) is 15.9 Å². The number of hydrogen-bond donors (Lipinski definition) is 2. The number of nitrogens with zero attached hydrogens (tertiary/aromatic N) is 2. The molecule has 0 saturated carbocycles. The number of carbonyl (C=O) groups excluding carboxylic acids is 2. The van der Waals surface area contributed by atoms with Gasteiger partial charge in [-0.3, -0.25) is 20.4 Å². The molecule has 2 aliphatic heterocycles. The van der Waals surface area contributed by atoms with Crippen molar-refractivity contribution in [2.45, 2.75) is 37.0 Å². The van der Waals surface area contributed by atoms with E-state index < -0.39 is 32.6 Å². The van der Waals surface area contributed by atoms with Gasteiger partial charge in [-0.2, -0.15) is 4.31 Å². The lowest BCUT2D eigenvalue weighted by molar-refractivity contribution is -0.120. The zero-order valence-electron chi connectivity index (χ0n) is 18.2. The van der Waals surface area contributed by atoms with E-state index in [2.05, 4.69) is 10.9 Å². The average Bonchev–Trinajstić information content (AvgIpc) is 2.83. The van der Waals surface area contributed by atoms with Crippen LogP contribution in [0.25, 0.3) is 0 Å². The van der Waals surface area contributed by atoms with Gasteiger partial charge in [0.25, 0.3) is 11.8 Å². The lowest BCUT2D eigenvalue weighted by Crippen LogP contribution is -2.47. The highest BCUT2D eigenvalue weighted by atomic mass is 32.2. The number of halogens is 1. The van der Waals surface area contributed by atoms with Crippen LogP contribution in [-0.2, 0) is 21.2 Å². The molecule has 1 saturated heterocycles. The second-order valence-electron chi connectivity index (χ2n) is 8.27. The van der Waals surface area contributed by atoms with Crippen LogP contribution < -0.4 is 15.8 Å². The number of para-hydroxylation sites is 1. The molecule has 0 spiro atoms. The van der Waals surface area contributed by atoms with Gasteiger partial charge in [-0.25, -0.2) is 12.8 Å². The van der Waals surface area contributed by atoms with Crippen molar-refractivity contribution in [1.82, 2.24) is 15.2 Å². The van der Waals surface area contributed by atoms with E-state index in [9.17, 15) is 22.4 Å². The molecule has 0 aromatic heterocycles. The van der Waals surface area contributed by atoms with Crippen LogP contribution in [0.3, 0.4) is 0 Å². The first-order valence-electron chi connectivity index (χ1n) is 11.1.